The number of aromatic hydroxyl groups is 2. The maximum atomic E-state index is 11.0. The van der Waals surface area contributed by atoms with E-state index in [0.29, 0.717) is 5.56 Å². The van der Waals surface area contributed by atoms with Gasteiger partial charge in [-0.3, -0.25) is 4.79 Å². The number of carbonyl (C=O) groups excluding carboxylic acids is 1. The molecular weight excluding hydrogens is 196 g/mol. The van der Waals surface area contributed by atoms with Gasteiger partial charge in [0.15, 0.2) is 11.5 Å². The zero-order chi connectivity index (χ0) is 11.4. The summed E-state index contributed by atoms with van der Waals surface area (Å²) >= 11 is 0. The highest BCUT2D eigenvalue weighted by molar-refractivity contribution is 5.78. The van der Waals surface area contributed by atoms with E-state index in [1.165, 1.54) is 12.1 Å². The largest absolute Gasteiger partial charge is 0.504 e. The molecule has 0 aliphatic rings. The first-order valence-corrected chi connectivity index (χ1v) is 4.56. The lowest BCUT2D eigenvalue weighted by atomic mass is 10.1. The van der Waals surface area contributed by atoms with Crippen molar-refractivity contribution in [3.05, 3.63) is 23.8 Å². The second-order valence-electron chi connectivity index (χ2n) is 3.24. The molecule has 82 valence electrons. The second kappa shape index (κ2) is 4.65. The molecule has 0 aliphatic heterocycles. The molecule has 0 saturated carbocycles. The third-order valence-corrected chi connectivity index (χ3v) is 2.06. The molecule has 0 bridgehead atoms. The molecule has 0 aliphatic carbocycles. The van der Waals surface area contributed by atoms with Crippen molar-refractivity contribution in [3.63, 3.8) is 0 Å². The molecule has 0 radical (unpaired) electrons. The lowest BCUT2D eigenvalue weighted by Crippen LogP contribution is -2.32. The summed E-state index contributed by atoms with van der Waals surface area (Å²) in [6, 6.07) is 4.14. The van der Waals surface area contributed by atoms with Crippen LogP contribution in [0.15, 0.2) is 18.2 Å². The van der Waals surface area contributed by atoms with E-state index in [4.69, 9.17) is 10.8 Å². The molecule has 5 nitrogen and oxygen atoms in total. The van der Waals surface area contributed by atoms with E-state index < -0.39 is 0 Å². The highest BCUT2D eigenvalue weighted by Crippen LogP contribution is 2.27. The van der Waals surface area contributed by atoms with Crippen LogP contribution in [0.25, 0.3) is 0 Å². The zero-order valence-corrected chi connectivity index (χ0v) is 8.40. The van der Waals surface area contributed by atoms with Gasteiger partial charge in [-0.05, 0) is 24.6 Å². The highest BCUT2D eigenvalue weighted by atomic mass is 16.3. The van der Waals surface area contributed by atoms with Crippen molar-refractivity contribution in [2.45, 2.75) is 13.0 Å². The van der Waals surface area contributed by atoms with Crippen LogP contribution >= 0.6 is 0 Å². The summed E-state index contributed by atoms with van der Waals surface area (Å²) < 4.78 is 0. The summed E-state index contributed by atoms with van der Waals surface area (Å²) in [6.45, 7) is 1.69. The summed E-state index contributed by atoms with van der Waals surface area (Å²) in [5.41, 5.74) is 5.85. The Morgan fingerprint density at radius 3 is 2.67 bits per heavy atom. The van der Waals surface area contributed by atoms with Crippen LogP contribution in [0.2, 0.25) is 0 Å². The molecule has 0 aromatic heterocycles. The molecular formula is C10H14N2O3. The number of rotatable bonds is 3. The molecule has 5 N–H and O–H groups in total. The Kier molecular flexibility index (Phi) is 3.51. The second-order valence-corrected chi connectivity index (χ2v) is 3.24. The number of benzene rings is 1. The molecule has 1 aromatic carbocycles. The Balaban J connectivity index is 2.78. The maximum Gasteiger partial charge on any atom is 0.234 e. The van der Waals surface area contributed by atoms with Gasteiger partial charge in [0.05, 0.1) is 12.6 Å². The Morgan fingerprint density at radius 2 is 2.13 bits per heavy atom. The number of nitrogens with one attached hydrogen (secondary N) is 1. The van der Waals surface area contributed by atoms with Gasteiger partial charge in [0.25, 0.3) is 0 Å². The Hall–Kier alpha value is -1.75. The first kappa shape index (κ1) is 11.3. The average Bonchev–Trinajstić information content (AvgIpc) is 2.21. The van der Waals surface area contributed by atoms with Crippen molar-refractivity contribution in [1.29, 1.82) is 0 Å². The molecule has 15 heavy (non-hydrogen) atoms. The van der Waals surface area contributed by atoms with Crippen LogP contribution in [-0.4, -0.2) is 22.7 Å². The van der Waals surface area contributed by atoms with Crippen LogP contribution in [-0.2, 0) is 4.79 Å². The van der Waals surface area contributed by atoms with Crippen LogP contribution in [0, 0.1) is 0 Å². The third kappa shape index (κ3) is 2.85. The lowest BCUT2D eigenvalue weighted by Gasteiger charge is -2.14. The first-order chi connectivity index (χ1) is 7.04. The normalized spacial score (nSPS) is 12.1. The minimum Gasteiger partial charge on any atom is -0.504 e. The van der Waals surface area contributed by atoms with Crippen LogP contribution in [0.1, 0.15) is 18.5 Å². The predicted octanol–water partition coefficient (Wildman–Crippen LogP) is 0.234. The van der Waals surface area contributed by atoms with Gasteiger partial charge in [0.2, 0.25) is 5.91 Å². The Morgan fingerprint density at radius 1 is 1.47 bits per heavy atom. The minimum atomic E-state index is -0.268. The first-order valence-electron chi connectivity index (χ1n) is 4.56. The van der Waals surface area contributed by atoms with Crippen molar-refractivity contribution in [2.75, 3.05) is 6.54 Å². The van der Waals surface area contributed by atoms with Crippen molar-refractivity contribution < 1.29 is 15.0 Å². The monoisotopic (exact) mass is 210 g/mol. The van der Waals surface area contributed by atoms with E-state index in [1.807, 2.05) is 0 Å². The third-order valence-electron chi connectivity index (χ3n) is 2.06. The Bertz CT molecular complexity index is 366. The average molecular weight is 210 g/mol. The minimum absolute atomic E-state index is 0.0750. The summed E-state index contributed by atoms with van der Waals surface area (Å²) in [7, 11) is 0. The SMILES string of the molecule is CC(NC(=O)CN)c1ccc(O)c(O)c1. The lowest BCUT2D eigenvalue weighted by molar-refractivity contribution is -0.120. The molecule has 0 saturated heterocycles. The van der Waals surface area contributed by atoms with E-state index in [-0.39, 0.29) is 30.0 Å². The quantitative estimate of drug-likeness (QED) is 0.537. The Labute approximate surface area is 87.5 Å². The molecule has 0 heterocycles. The predicted molar refractivity (Wildman–Crippen MR) is 55.4 cm³/mol. The van der Waals surface area contributed by atoms with Gasteiger partial charge in [-0.15, -0.1) is 0 Å². The number of amides is 1. The van der Waals surface area contributed by atoms with Crippen LogP contribution in [0.5, 0.6) is 11.5 Å². The summed E-state index contributed by atoms with van der Waals surface area (Å²) in [5.74, 6) is -0.660. The van der Waals surface area contributed by atoms with Crippen LogP contribution in [0.4, 0.5) is 0 Å². The van der Waals surface area contributed by atoms with Gasteiger partial charge < -0.3 is 21.3 Å². The van der Waals surface area contributed by atoms with Crippen LogP contribution < -0.4 is 11.1 Å². The standard InChI is InChI=1S/C10H14N2O3/c1-6(12-10(15)5-11)7-2-3-8(13)9(14)4-7/h2-4,6,13-14H,5,11H2,1H3,(H,12,15). The zero-order valence-electron chi connectivity index (χ0n) is 8.40. The molecule has 0 spiro atoms. The van der Waals surface area contributed by atoms with E-state index in [9.17, 15) is 9.90 Å². The van der Waals surface area contributed by atoms with E-state index in [0.717, 1.165) is 0 Å². The fourth-order valence-corrected chi connectivity index (χ4v) is 1.19. The van der Waals surface area contributed by atoms with Crippen molar-refractivity contribution in [3.8, 4) is 11.5 Å². The summed E-state index contributed by atoms with van der Waals surface area (Å²) in [6.07, 6.45) is 0. The van der Waals surface area contributed by atoms with Crippen molar-refractivity contribution in [2.24, 2.45) is 5.73 Å². The van der Waals surface area contributed by atoms with E-state index in [1.54, 1.807) is 13.0 Å². The number of phenols is 2. The summed E-state index contributed by atoms with van der Waals surface area (Å²) in [5, 5.41) is 21.0. The van der Waals surface area contributed by atoms with E-state index in [2.05, 4.69) is 5.32 Å². The van der Waals surface area contributed by atoms with Gasteiger partial charge >= 0.3 is 0 Å². The molecule has 0 fully saturated rings. The van der Waals surface area contributed by atoms with Gasteiger partial charge in [0, 0.05) is 0 Å². The number of phenolic OH excluding ortho intramolecular Hbond substituents is 2. The van der Waals surface area contributed by atoms with Gasteiger partial charge in [-0.1, -0.05) is 6.07 Å². The van der Waals surface area contributed by atoms with Crippen LogP contribution in [0.3, 0.4) is 0 Å². The topological polar surface area (TPSA) is 95.6 Å². The van der Waals surface area contributed by atoms with Crippen molar-refractivity contribution >= 4 is 5.91 Å². The summed E-state index contributed by atoms with van der Waals surface area (Å²) in [4.78, 5) is 11.0. The van der Waals surface area contributed by atoms with Gasteiger partial charge in [-0.2, -0.15) is 0 Å². The number of hydrogen-bond acceptors (Lipinski definition) is 4. The van der Waals surface area contributed by atoms with E-state index >= 15 is 0 Å². The maximum absolute atomic E-state index is 11.0. The molecule has 1 aromatic rings. The fraction of sp³-hybridized carbons (Fsp3) is 0.300. The van der Waals surface area contributed by atoms with Gasteiger partial charge in [0.1, 0.15) is 0 Å². The van der Waals surface area contributed by atoms with Crippen molar-refractivity contribution in [1.82, 2.24) is 5.32 Å². The fourth-order valence-electron chi connectivity index (χ4n) is 1.19. The number of nitrogens with two attached hydrogens (primary N) is 1. The molecule has 5 heteroatoms. The highest BCUT2D eigenvalue weighted by Gasteiger charge is 2.10. The smallest absolute Gasteiger partial charge is 0.234 e. The molecule has 1 unspecified atom stereocenters. The molecule has 1 amide bonds. The molecule has 1 rings (SSSR count). The molecule has 1 atom stereocenters. The van der Waals surface area contributed by atoms with Gasteiger partial charge in [-0.25, -0.2) is 0 Å². The number of carbonyl (C=O) groups is 1. The number of hydrogen-bond donors (Lipinski definition) is 4.